The topological polar surface area (TPSA) is 43.1 Å². The van der Waals surface area contributed by atoms with E-state index in [2.05, 4.69) is 0 Å². The molecule has 2 N–H and O–H groups in total. The summed E-state index contributed by atoms with van der Waals surface area (Å²) in [6.45, 7) is 0. The van der Waals surface area contributed by atoms with Gasteiger partial charge in [-0.1, -0.05) is 11.6 Å². The van der Waals surface area contributed by atoms with Crippen molar-refractivity contribution in [3.8, 4) is 0 Å². The molecule has 2 nitrogen and oxygen atoms in total. The van der Waals surface area contributed by atoms with E-state index in [0.717, 1.165) is 0 Å². The summed E-state index contributed by atoms with van der Waals surface area (Å²) in [6, 6.07) is 4.11. The first-order valence-corrected chi connectivity index (χ1v) is 5.20. The minimum absolute atomic E-state index is 0.0828. The number of Topliss-reactive ketones (excluding diaryl/α,β-unsaturated/α-hetero) is 1. The van der Waals surface area contributed by atoms with E-state index >= 15 is 0 Å². The van der Waals surface area contributed by atoms with Gasteiger partial charge in [0, 0.05) is 17.0 Å². The second-order valence-electron chi connectivity index (χ2n) is 3.92. The van der Waals surface area contributed by atoms with Gasteiger partial charge in [0.05, 0.1) is 5.56 Å². The Bertz CT molecular complexity index is 402. The molecule has 1 fully saturated rings. The van der Waals surface area contributed by atoms with E-state index in [-0.39, 0.29) is 23.3 Å². The van der Waals surface area contributed by atoms with E-state index in [1.165, 1.54) is 18.2 Å². The van der Waals surface area contributed by atoms with Gasteiger partial charge in [-0.2, -0.15) is 0 Å². The van der Waals surface area contributed by atoms with E-state index < -0.39 is 5.82 Å². The molecule has 80 valence electrons. The Labute approximate surface area is 92.2 Å². The van der Waals surface area contributed by atoms with Crippen LogP contribution in [0.25, 0.3) is 0 Å². The van der Waals surface area contributed by atoms with Crippen LogP contribution < -0.4 is 5.73 Å². The summed E-state index contributed by atoms with van der Waals surface area (Å²) in [5.74, 6) is -0.825. The summed E-state index contributed by atoms with van der Waals surface area (Å²) in [4.78, 5) is 11.8. The zero-order valence-corrected chi connectivity index (χ0v) is 8.80. The summed E-state index contributed by atoms with van der Waals surface area (Å²) in [6.07, 6.45) is 1.29. The minimum atomic E-state index is -0.509. The van der Waals surface area contributed by atoms with E-state index in [1.54, 1.807) is 0 Å². The van der Waals surface area contributed by atoms with Crippen LogP contribution in [0.1, 0.15) is 23.2 Å². The first-order chi connectivity index (χ1) is 7.08. The van der Waals surface area contributed by atoms with Crippen LogP contribution in [0.5, 0.6) is 0 Å². The van der Waals surface area contributed by atoms with Crippen LogP contribution in [0.2, 0.25) is 5.02 Å². The highest BCUT2D eigenvalue weighted by atomic mass is 35.5. The van der Waals surface area contributed by atoms with Crippen LogP contribution in [0.4, 0.5) is 4.39 Å². The maximum Gasteiger partial charge on any atom is 0.169 e. The van der Waals surface area contributed by atoms with Crippen LogP contribution in [-0.2, 0) is 0 Å². The molecule has 0 saturated heterocycles. The highest BCUT2D eigenvalue weighted by molar-refractivity contribution is 6.31. The fourth-order valence-corrected chi connectivity index (χ4v) is 1.95. The Morgan fingerprint density at radius 3 is 2.73 bits per heavy atom. The van der Waals surface area contributed by atoms with Gasteiger partial charge in [0.1, 0.15) is 5.82 Å². The van der Waals surface area contributed by atoms with Gasteiger partial charge in [0.25, 0.3) is 0 Å². The number of benzene rings is 1. The lowest BCUT2D eigenvalue weighted by Crippen LogP contribution is -2.40. The molecular weight excluding hydrogens is 217 g/mol. The molecule has 1 aromatic rings. The zero-order valence-electron chi connectivity index (χ0n) is 8.04. The van der Waals surface area contributed by atoms with Crippen molar-refractivity contribution in [2.24, 2.45) is 11.7 Å². The van der Waals surface area contributed by atoms with Gasteiger partial charge in [0.2, 0.25) is 0 Å². The van der Waals surface area contributed by atoms with Gasteiger partial charge in [-0.15, -0.1) is 0 Å². The van der Waals surface area contributed by atoms with Crippen molar-refractivity contribution in [3.63, 3.8) is 0 Å². The third-order valence-electron chi connectivity index (χ3n) is 2.74. The van der Waals surface area contributed by atoms with Gasteiger partial charge in [-0.05, 0) is 31.0 Å². The number of rotatable bonds is 2. The molecule has 15 heavy (non-hydrogen) atoms. The Kier molecular flexibility index (Phi) is 2.76. The Morgan fingerprint density at radius 1 is 1.47 bits per heavy atom. The SMILES string of the molecule is NC1CC(C(=O)c2cc(Cl)ccc2F)C1. The normalized spacial score (nSPS) is 24.7. The van der Waals surface area contributed by atoms with Crippen molar-refractivity contribution >= 4 is 17.4 Å². The minimum Gasteiger partial charge on any atom is -0.328 e. The number of carbonyl (C=O) groups is 1. The highest BCUT2D eigenvalue weighted by Crippen LogP contribution is 2.30. The van der Waals surface area contributed by atoms with Crippen LogP contribution in [0.3, 0.4) is 0 Å². The average Bonchev–Trinajstić information content (AvgIpc) is 2.16. The third kappa shape index (κ3) is 2.03. The second kappa shape index (κ2) is 3.91. The van der Waals surface area contributed by atoms with Gasteiger partial charge >= 0.3 is 0 Å². The van der Waals surface area contributed by atoms with Crippen LogP contribution in [0.15, 0.2) is 18.2 Å². The van der Waals surface area contributed by atoms with Crippen molar-refractivity contribution in [3.05, 3.63) is 34.6 Å². The van der Waals surface area contributed by atoms with Crippen LogP contribution in [0, 0.1) is 11.7 Å². The van der Waals surface area contributed by atoms with E-state index in [0.29, 0.717) is 17.9 Å². The summed E-state index contributed by atoms with van der Waals surface area (Å²) in [5, 5.41) is 0.378. The number of nitrogens with two attached hydrogens (primary N) is 1. The molecule has 1 aliphatic carbocycles. The van der Waals surface area contributed by atoms with Crippen molar-refractivity contribution in [1.29, 1.82) is 0 Å². The first kappa shape index (κ1) is 10.6. The first-order valence-electron chi connectivity index (χ1n) is 4.83. The molecule has 0 bridgehead atoms. The molecule has 1 aliphatic rings. The molecule has 2 rings (SSSR count). The van der Waals surface area contributed by atoms with Gasteiger partial charge < -0.3 is 5.73 Å². The molecule has 0 spiro atoms. The van der Waals surface area contributed by atoms with Crippen LogP contribution >= 0.6 is 11.6 Å². The quantitative estimate of drug-likeness (QED) is 0.789. The zero-order chi connectivity index (χ0) is 11.0. The number of ketones is 1. The van der Waals surface area contributed by atoms with Crippen molar-refractivity contribution in [2.75, 3.05) is 0 Å². The Morgan fingerprint density at radius 2 is 2.13 bits per heavy atom. The van der Waals surface area contributed by atoms with Crippen molar-refractivity contribution in [2.45, 2.75) is 18.9 Å². The fourth-order valence-electron chi connectivity index (χ4n) is 1.78. The predicted molar refractivity (Wildman–Crippen MR) is 56.4 cm³/mol. The molecule has 0 aromatic heterocycles. The number of halogens is 2. The Hall–Kier alpha value is -0.930. The van der Waals surface area contributed by atoms with E-state index in [4.69, 9.17) is 17.3 Å². The summed E-state index contributed by atoms with van der Waals surface area (Å²) in [5.41, 5.74) is 5.66. The monoisotopic (exact) mass is 227 g/mol. The Balaban J connectivity index is 2.22. The average molecular weight is 228 g/mol. The lowest BCUT2D eigenvalue weighted by atomic mass is 9.76. The van der Waals surface area contributed by atoms with Gasteiger partial charge in [-0.25, -0.2) is 4.39 Å². The van der Waals surface area contributed by atoms with Gasteiger partial charge in [-0.3, -0.25) is 4.79 Å². The van der Waals surface area contributed by atoms with Crippen LogP contribution in [-0.4, -0.2) is 11.8 Å². The third-order valence-corrected chi connectivity index (χ3v) is 2.97. The molecule has 1 saturated carbocycles. The molecule has 0 heterocycles. The number of hydrogen-bond donors (Lipinski definition) is 1. The van der Waals surface area contributed by atoms with Crippen molar-refractivity contribution < 1.29 is 9.18 Å². The van der Waals surface area contributed by atoms with Gasteiger partial charge in [0.15, 0.2) is 5.78 Å². The summed E-state index contributed by atoms with van der Waals surface area (Å²) >= 11 is 5.71. The van der Waals surface area contributed by atoms with E-state index in [9.17, 15) is 9.18 Å². The lowest BCUT2D eigenvalue weighted by molar-refractivity contribution is 0.0828. The molecule has 0 atom stereocenters. The van der Waals surface area contributed by atoms with E-state index in [1.807, 2.05) is 0 Å². The molecule has 0 radical (unpaired) electrons. The maximum atomic E-state index is 13.3. The highest BCUT2D eigenvalue weighted by Gasteiger charge is 2.33. The molecule has 4 heteroatoms. The standard InChI is InChI=1S/C11H11ClFNO/c12-7-1-2-10(13)9(5-7)11(15)6-3-8(14)4-6/h1-2,5-6,8H,3-4,14H2. The molecule has 0 unspecified atom stereocenters. The number of hydrogen-bond acceptors (Lipinski definition) is 2. The van der Waals surface area contributed by atoms with Crippen molar-refractivity contribution in [1.82, 2.24) is 0 Å². The second-order valence-corrected chi connectivity index (χ2v) is 4.35. The maximum absolute atomic E-state index is 13.3. The smallest absolute Gasteiger partial charge is 0.169 e. The largest absolute Gasteiger partial charge is 0.328 e. The summed E-state index contributed by atoms with van der Waals surface area (Å²) in [7, 11) is 0. The lowest BCUT2D eigenvalue weighted by Gasteiger charge is -2.31. The summed E-state index contributed by atoms with van der Waals surface area (Å²) < 4.78 is 13.3. The molecule has 1 aromatic carbocycles. The number of carbonyl (C=O) groups excluding carboxylic acids is 1. The molecule has 0 amide bonds. The predicted octanol–water partition coefficient (Wildman–Crippen LogP) is 2.40. The molecular formula is C11H11ClFNO. The fraction of sp³-hybridized carbons (Fsp3) is 0.364. The molecule has 0 aliphatic heterocycles.